The van der Waals surface area contributed by atoms with Crippen molar-refractivity contribution in [2.24, 2.45) is 4.99 Å². The van der Waals surface area contributed by atoms with Crippen LogP contribution in [0.25, 0.3) is 0 Å². The van der Waals surface area contributed by atoms with E-state index in [9.17, 15) is 0 Å². The number of rotatable bonds is 13. The monoisotopic (exact) mass is 551 g/mol. The lowest BCUT2D eigenvalue weighted by Crippen LogP contribution is -2.18. The fourth-order valence-corrected chi connectivity index (χ4v) is 4.99. The fraction of sp³-hybridized carbons (Fsp3) is 0.378. The molecule has 0 amide bonds. The van der Waals surface area contributed by atoms with Crippen LogP contribution in [0.3, 0.4) is 0 Å². The maximum absolute atomic E-state index is 6.39. The SMILES string of the molecule is C=CN(C)c1ccc(Oc2ccc(NC(=N/C=C/CCC)c3c(C)ccc(C)c3CCCC)cc2C)cc1C(C)C. The summed E-state index contributed by atoms with van der Waals surface area (Å²) >= 11 is 0. The van der Waals surface area contributed by atoms with Crippen molar-refractivity contribution in [2.45, 2.75) is 86.5 Å². The van der Waals surface area contributed by atoms with Crippen molar-refractivity contribution < 1.29 is 4.74 Å². The number of allylic oxidation sites excluding steroid dienone is 1. The second-order valence-corrected chi connectivity index (χ2v) is 11.2. The van der Waals surface area contributed by atoms with Gasteiger partial charge in [-0.25, -0.2) is 4.99 Å². The van der Waals surface area contributed by atoms with E-state index >= 15 is 0 Å². The molecule has 1 N–H and O–H groups in total. The average Bonchev–Trinajstić information content (AvgIpc) is 2.96. The van der Waals surface area contributed by atoms with Crippen LogP contribution < -0.4 is 15.0 Å². The van der Waals surface area contributed by atoms with Crippen LogP contribution in [0.5, 0.6) is 11.5 Å². The molecule has 3 aromatic rings. The summed E-state index contributed by atoms with van der Waals surface area (Å²) in [4.78, 5) is 7.00. The van der Waals surface area contributed by atoms with E-state index in [-0.39, 0.29) is 0 Å². The lowest BCUT2D eigenvalue weighted by atomic mass is 9.92. The predicted molar refractivity (Wildman–Crippen MR) is 179 cm³/mol. The van der Waals surface area contributed by atoms with Gasteiger partial charge in [0.2, 0.25) is 0 Å². The minimum absolute atomic E-state index is 0.361. The topological polar surface area (TPSA) is 36.9 Å². The van der Waals surface area contributed by atoms with Crippen LogP contribution in [0, 0.1) is 20.8 Å². The Bertz CT molecular complexity index is 1380. The minimum Gasteiger partial charge on any atom is -0.457 e. The van der Waals surface area contributed by atoms with Crippen molar-refractivity contribution >= 4 is 17.2 Å². The van der Waals surface area contributed by atoms with E-state index in [0.29, 0.717) is 5.92 Å². The summed E-state index contributed by atoms with van der Waals surface area (Å²) in [7, 11) is 2.02. The number of unbranched alkanes of at least 4 members (excludes halogenated alkanes) is 2. The molecule has 0 fully saturated rings. The number of nitrogens with zero attached hydrogens (tertiary/aromatic N) is 2. The second-order valence-electron chi connectivity index (χ2n) is 11.2. The summed E-state index contributed by atoms with van der Waals surface area (Å²) in [5.74, 6) is 2.92. The van der Waals surface area contributed by atoms with Crippen LogP contribution in [-0.2, 0) is 6.42 Å². The zero-order valence-electron chi connectivity index (χ0n) is 26.5. The van der Waals surface area contributed by atoms with Crippen molar-refractivity contribution in [2.75, 3.05) is 17.3 Å². The van der Waals surface area contributed by atoms with Crippen LogP contribution in [0.4, 0.5) is 11.4 Å². The molecule has 0 aliphatic carbocycles. The lowest BCUT2D eigenvalue weighted by molar-refractivity contribution is 0.478. The molecule has 0 heterocycles. The first-order valence-electron chi connectivity index (χ1n) is 15.1. The van der Waals surface area contributed by atoms with E-state index in [1.54, 1.807) is 0 Å². The number of benzene rings is 3. The first kappa shape index (κ1) is 31.7. The van der Waals surface area contributed by atoms with E-state index in [0.717, 1.165) is 66.4 Å². The number of nitrogens with one attached hydrogen (secondary N) is 1. The van der Waals surface area contributed by atoms with Crippen LogP contribution in [-0.4, -0.2) is 12.9 Å². The van der Waals surface area contributed by atoms with Crippen molar-refractivity contribution in [1.82, 2.24) is 0 Å². The highest BCUT2D eigenvalue weighted by molar-refractivity contribution is 6.10. The maximum atomic E-state index is 6.39. The smallest absolute Gasteiger partial charge is 0.138 e. The molecule has 0 spiro atoms. The predicted octanol–water partition coefficient (Wildman–Crippen LogP) is 10.6. The molecule has 218 valence electrons. The fourth-order valence-electron chi connectivity index (χ4n) is 4.99. The molecule has 0 aliphatic heterocycles. The zero-order valence-corrected chi connectivity index (χ0v) is 26.5. The van der Waals surface area contributed by atoms with Gasteiger partial charge in [0.25, 0.3) is 0 Å². The standard InChI is InChI=1S/C37H49N3O/c1-10-13-15-23-38-37(36-28(7)18-17-27(6)32(36)16-14-11-2)39-30-19-22-35(29(8)24-30)41-31-20-21-34(40(9)12-3)33(25-31)26(4)5/h12,15,17-26H,3,10-11,13-14,16H2,1-2,4-9H3,(H,38,39)/b23-15+. The number of anilines is 2. The third-order valence-corrected chi connectivity index (χ3v) is 7.48. The van der Waals surface area contributed by atoms with Crippen molar-refractivity contribution in [1.29, 1.82) is 0 Å². The first-order chi connectivity index (χ1) is 19.7. The molecular formula is C37H49N3O. The summed E-state index contributed by atoms with van der Waals surface area (Å²) in [6.07, 6.45) is 11.4. The number of hydrogen-bond acceptors (Lipinski definition) is 3. The van der Waals surface area contributed by atoms with Crippen molar-refractivity contribution in [3.05, 3.63) is 107 Å². The number of ether oxygens (including phenoxy) is 1. The molecule has 4 nitrogen and oxygen atoms in total. The molecule has 0 aromatic heterocycles. The van der Waals surface area contributed by atoms with E-state index in [1.165, 1.54) is 27.8 Å². The minimum atomic E-state index is 0.361. The molecule has 4 heteroatoms. The largest absolute Gasteiger partial charge is 0.457 e. The van der Waals surface area contributed by atoms with Gasteiger partial charge >= 0.3 is 0 Å². The number of aryl methyl sites for hydroxylation is 3. The Balaban J connectivity index is 1.95. The molecule has 41 heavy (non-hydrogen) atoms. The molecule has 3 rings (SSSR count). The van der Waals surface area contributed by atoms with Gasteiger partial charge in [0.15, 0.2) is 0 Å². The van der Waals surface area contributed by atoms with Crippen LogP contribution >= 0.6 is 0 Å². The Hall–Kier alpha value is -3.79. The normalized spacial score (nSPS) is 11.8. The number of aliphatic imine (C=N–C) groups is 1. The summed E-state index contributed by atoms with van der Waals surface area (Å²) in [6.45, 7) is 19.2. The molecule has 0 bridgehead atoms. The third-order valence-electron chi connectivity index (χ3n) is 7.48. The molecule has 0 aliphatic rings. The van der Waals surface area contributed by atoms with Crippen LogP contribution in [0.15, 0.2) is 78.6 Å². The van der Waals surface area contributed by atoms with Gasteiger partial charge in [-0.1, -0.05) is 65.3 Å². The second kappa shape index (κ2) is 15.3. The molecule has 0 saturated carbocycles. The summed E-state index contributed by atoms with van der Waals surface area (Å²) in [5, 5.41) is 3.67. The van der Waals surface area contributed by atoms with Gasteiger partial charge in [-0.2, -0.15) is 0 Å². The average molecular weight is 552 g/mol. The molecule has 0 saturated heterocycles. The Morgan fingerprint density at radius 1 is 0.976 bits per heavy atom. The van der Waals surface area contributed by atoms with E-state index in [2.05, 4.69) is 103 Å². The van der Waals surface area contributed by atoms with Gasteiger partial charge in [-0.15, -0.1) is 0 Å². The van der Waals surface area contributed by atoms with Crippen molar-refractivity contribution in [3.63, 3.8) is 0 Å². The molecule has 3 aromatic carbocycles. The summed E-state index contributed by atoms with van der Waals surface area (Å²) < 4.78 is 6.39. The van der Waals surface area contributed by atoms with Gasteiger partial charge in [0.1, 0.15) is 17.3 Å². The van der Waals surface area contributed by atoms with Gasteiger partial charge in [0, 0.05) is 30.2 Å². The van der Waals surface area contributed by atoms with Gasteiger partial charge in [-0.05, 0) is 116 Å². The van der Waals surface area contributed by atoms with Crippen LogP contribution in [0.2, 0.25) is 0 Å². The van der Waals surface area contributed by atoms with Crippen molar-refractivity contribution in [3.8, 4) is 11.5 Å². The maximum Gasteiger partial charge on any atom is 0.138 e. The Morgan fingerprint density at radius 3 is 2.39 bits per heavy atom. The van der Waals surface area contributed by atoms with E-state index < -0.39 is 0 Å². The summed E-state index contributed by atoms with van der Waals surface area (Å²) in [5.41, 5.74) is 9.56. The Kier molecular flexibility index (Phi) is 11.8. The lowest BCUT2D eigenvalue weighted by Gasteiger charge is -2.22. The zero-order chi connectivity index (χ0) is 29.9. The number of hydrogen-bond donors (Lipinski definition) is 1. The highest BCUT2D eigenvalue weighted by Crippen LogP contribution is 2.34. The first-order valence-corrected chi connectivity index (χ1v) is 15.1. The molecule has 0 atom stereocenters. The van der Waals surface area contributed by atoms with Crippen LogP contribution in [0.1, 0.15) is 92.7 Å². The van der Waals surface area contributed by atoms with Gasteiger partial charge < -0.3 is 15.0 Å². The Morgan fingerprint density at radius 2 is 1.73 bits per heavy atom. The summed E-state index contributed by atoms with van der Waals surface area (Å²) in [6, 6.07) is 17.0. The van der Waals surface area contributed by atoms with E-state index in [4.69, 9.17) is 9.73 Å². The number of amidine groups is 1. The quantitative estimate of drug-likeness (QED) is 0.170. The highest BCUT2D eigenvalue weighted by Gasteiger charge is 2.16. The molecule has 0 unspecified atom stereocenters. The molecular weight excluding hydrogens is 502 g/mol. The third kappa shape index (κ3) is 8.36. The van der Waals surface area contributed by atoms with E-state index in [1.807, 2.05) is 36.5 Å². The van der Waals surface area contributed by atoms with Gasteiger partial charge in [0.05, 0.1) is 0 Å². The highest BCUT2D eigenvalue weighted by atomic mass is 16.5. The Labute approximate surface area is 248 Å². The van der Waals surface area contributed by atoms with Gasteiger partial charge in [-0.3, -0.25) is 0 Å². The molecule has 0 radical (unpaired) electrons.